The van der Waals surface area contributed by atoms with E-state index in [-0.39, 0.29) is 5.92 Å². The van der Waals surface area contributed by atoms with Gasteiger partial charge in [0.15, 0.2) is 0 Å². The van der Waals surface area contributed by atoms with Gasteiger partial charge < -0.3 is 15.3 Å². The molecule has 0 spiro atoms. The van der Waals surface area contributed by atoms with Crippen LogP contribution in [0.5, 0.6) is 0 Å². The lowest BCUT2D eigenvalue weighted by Gasteiger charge is -2.18. The lowest BCUT2D eigenvalue weighted by molar-refractivity contribution is 0.120. The number of pyridine rings is 1. The predicted octanol–water partition coefficient (Wildman–Crippen LogP) is 1.45. The van der Waals surface area contributed by atoms with Crippen molar-refractivity contribution in [2.45, 2.75) is 12.0 Å². The molecular formula is C12H14N2O2. The van der Waals surface area contributed by atoms with Gasteiger partial charge in [0.05, 0.1) is 6.26 Å². The van der Waals surface area contributed by atoms with E-state index in [9.17, 15) is 5.11 Å². The average Bonchev–Trinajstić information content (AvgIpc) is 2.85. The van der Waals surface area contributed by atoms with Crippen molar-refractivity contribution < 1.29 is 9.52 Å². The van der Waals surface area contributed by atoms with E-state index >= 15 is 0 Å². The van der Waals surface area contributed by atoms with Crippen LogP contribution in [0.25, 0.3) is 0 Å². The number of hydrogen-bond donors (Lipinski definition) is 2. The predicted molar refractivity (Wildman–Crippen MR) is 59.7 cm³/mol. The van der Waals surface area contributed by atoms with Gasteiger partial charge >= 0.3 is 0 Å². The smallest absolute Gasteiger partial charge is 0.132 e. The van der Waals surface area contributed by atoms with Gasteiger partial charge in [-0.15, -0.1) is 0 Å². The Morgan fingerprint density at radius 1 is 1.31 bits per heavy atom. The molecule has 0 radical (unpaired) electrons. The van der Waals surface area contributed by atoms with E-state index in [2.05, 4.69) is 4.98 Å². The van der Waals surface area contributed by atoms with Crippen molar-refractivity contribution in [3.05, 3.63) is 54.2 Å². The zero-order valence-corrected chi connectivity index (χ0v) is 8.78. The van der Waals surface area contributed by atoms with E-state index in [4.69, 9.17) is 10.2 Å². The topological polar surface area (TPSA) is 72.3 Å². The molecule has 2 aromatic heterocycles. The molecule has 4 heteroatoms. The zero-order chi connectivity index (χ0) is 11.4. The van der Waals surface area contributed by atoms with Crippen molar-refractivity contribution in [1.29, 1.82) is 0 Å². The monoisotopic (exact) mass is 218 g/mol. The summed E-state index contributed by atoms with van der Waals surface area (Å²) in [6, 6.07) is 9.03. The molecule has 2 rings (SSSR count). The Hall–Kier alpha value is -1.65. The highest BCUT2D eigenvalue weighted by molar-refractivity contribution is 5.16. The standard InChI is InChI=1S/C12H14N2O2/c13-8-9(10-4-1-2-6-14-10)12(15)11-5-3-7-16-11/h1-7,9,12,15H,8,13H2. The maximum Gasteiger partial charge on any atom is 0.132 e. The second-order valence-electron chi connectivity index (χ2n) is 3.56. The fraction of sp³-hybridized carbons (Fsp3) is 0.250. The van der Waals surface area contributed by atoms with Gasteiger partial charge in [-0.05, 0) is 24.3 Å². The van der Waals surface area contributed by atoms with E-state index in [1.165, 1.54) is 6.26 Å². The minimum atomic E-state index is -0.755. The molecule has 0 bridgehead atoms. The first kappa shape index (κ1) is 10.9. The van der Waals surface area contributed by atoms with Crippen LogP contribution in [0.15, 0.2) is 47.2 Å². The van der Waals surface area contributed by atoms with Crippen LogP contribution in [0.2, 0.25) is 0 Å². The summed E-state index contributed by atoms with van der Waals surface area (Å²) in [5, 5.41) is 10.1. The molecule has 2 unspecified atom stereocenters. The fourth-order valence-corrected chi connectivity index (χ4v) is 1.66. The maximum atomic E-state index is 10.1. The van der Waals surface area contributed by atoms with Gasteiger partial charge in [-0.1, -0.05) is 6.07 Å². The molecule has 16 heavy (non-hydrogen) atoms. The van der Waals surface area contributed by atoms with Gasteiger partial charge in [-0.2, -0.15) is 0 Å². The van der Waals surface area contributed by atoms with E-state index in [1.54, 1.807) is 18.3 Å². The highest BCUT2D eigenvalue weighted by Gasteiger charge is 2.24. The molecule has 2 aromatic rings. The minimum absolute atomic E-state index is 0.243. The van der Waals surface area contributed by atoms with Gasteiger partial charge in [-0.25, -0.2) is 0 Å². The van der Waals surface area contributed by atoms with Crippen molar-refractivity contribution in [3.8, 4) is 0 Å². The van der Waals surface area contributed by atoms with Gasteiger partial charge in [0.2, 0.25) is 0 Å². The highest BCUT2D eigenvalue weighted by atomic mass is 16.4. The van der Waals surface area contributed by atoms with Crippen LogP contribution in [0, 0.1) is 0 Å². The van der Waals surface area contributed by atoms with Crippen molar-refractivity contribution in [1.82, 2.24) is 4.98 Å². The molecule has 0 amide bonds. The third kappa shape index (κ3) is 2.13. The first-order valence-corrected chi connectivity index (χ1v) is 5.15. The molecule has 0 aliphatic heterocycles. The molecule has 3 N–H and O–H groups in total. The Kier molecular flexibility index (Phi) is 3.34. The Labute approximate surface area is 93.7 Å². The van der Waals surface area contributed by atoms with E-state index < -0.39 is 6.10 Å². The molecule has 0 saturated heterocycles. The summed E-state index contributed by atoms with van der Waals surface area (Å²) < 4.78 is 5.17. The van der Waals surface area contributed by atoms with Gasteiger partial charge in [0.25, 0.3) is 0 Å². The molecule has 0 fully saturated rings. The Morgan fingerprint density at radius 3 is 2.75 bits per heavy atom. The first-order valence-electron chi connectivity index (χ1n) is 5.15. The average molecular weight is 218 g/mol. The van der Waals surface area contributed by atoms with Crippen LogP contribution in [-0.4, -0.2) is 16.6 Å². The summed E-state index contributed by atoms with van der Waals surface area (Å²) in [5.74, 6) is 0.272. The minimum Gasteiger partial charge on any atom is -0.467 e. The summed E-state index contributed by atoms with van der Waals surface area (Å²) in [5.41, 5.74) is 6.44. The lowest BCUT2D eigenvalue weighted by Crippen LogP contribution is -2.20. The van der Waals surface area contributed by atoms with Crippen molar-refractivity contribution in [3.63, 3.8) is 0 Å². The summed E-state index contributed by atoms with van der Waals surface area (Å²) in [4.78, 5) is 4.20. The summed E-state index contributed by atoms with van der Waals surface area (Å²) >= 11 is 0. The number of aliphatic hydroxyl groups is 1. The van der Waals surface area contributed by atoms with Crippen LogP contribution in [0.4, 0.5) is 0 Å². The largest absolute Gasteiger partial charge is 0.467 e. The van der Waals surface area contributed by atoms with Crippen molar-refractivity contribution in [2.24, 2.45) is 5.73 Å². The number of furan rings is 1. The molecule has 0 aliphatic carbocycles. The van der Waals surface area contributed by atoms with E-state index in [1.807, 2.05) is 18.2 Å². The molecule has 4 nitrogen and oxygen atoms in total. The maximum absolute atomic E-state index is 10.1. The fourth-order valence-electron chi connectivity index (χ4n) is 1.66. The third-order valence-electron chi connectivity index (χ3n) is 2.54. The molecular weight excluding hydrogens is 204 g/mol. The normalized spacial score (nSPS) is 14.6. The van der Waals surface area contributed by atoms with E-state index in [0.717, 1.165) is 5.69 Å². The molecule has 0 saturated carbocycles. The zero-order valence-electron chi connectivity index (χ0n) is 8.78. The second-order valence-corrected chi connectivity index (χ2v) is 3.56. The van der Waals surface area contributed by atoms with Crippen LogP contribution in [0.1, 0.15) is 23.5 Å². The Morgan fingerprint density at radius 2 is 2.19 bits per heavy atom. The molecule has 2 atom stereocenters. The number of aromatic nitrogens is 1. The molecule has 2 heterocycles. The number of nitrogens with two attached hydrogens (primary N) is 1. The SMILES string of the molecule is NCC(c1ccccn1)C(O)c1ccco1. The summed E-state index contributed by atoms with van der Waals surface area (Å²) in [7, 11) is 0. The number of hydrogen-bond acceptors (Lipinski definition) is 4. The van der Waals surface area contributed by atoms with Crippen molar-refractivity contribution >= 4 is 0 Å². The first-order chi connectivity index (χ1) is 7.83. The molecule has 0 aliphatic rings. The molecule has 84 valence electrons. The number of aliphatic hydroxyl groups excluding tert-OH is 1. The van der Waals surface area contributed by atoms with Crippen LogP contribution in [0.3, 0.4) is 0 Å². The number of nitrogens with zero attached hydrogens (tertiary/aromatic N) is 1. The van der Waals surface area contributed by atoms with E-state index in [0.29, 0.717) is 12.3 Å². The van der Waals surface area contributed by atoms with Gasteiger partial charge in [0.1, 0.15) is 11.9 Å². The summed E-state index contributed by atoms with van der Waals surface area (Å²) in [6.07, 6.45) is 2.46. The van der Waals surface area contributed by atoms with Crippen molar-refractivity contribution in [2.75, 3.05) is 6.54 Å². The van der Waals surface area contributed by atoms with Crippen LogP contribution in [-0.2, 0) is 0 Å². The third-order valence-corrected chi connectivity index (χ3v) is 2.54. The quantitative estimate of drug-likeness (QED) is 0.814. The highest BCUT2D eigenvalue weighted by Crippen LogP contribution is 2.28. The van der Waals surface area contributed by atoms with Crippen LogP contribution >= 0.6 is 0 Å². The lowest BCUT2D eigenvalue weighted by atomic mass is 9.96. The summed E-state index contributed by atoms with van der Waals surface area (Å²) in [6.45, 7) is 0.318. The van der Waals surface area contributed by atoms with Gasteiger partial charge in [-0.3, -0.25) is 4.98 Å². The Bertz CT molecular complexity index is 414. The second kappa shape index (κ2) is 4.92. The molecule has 0 aromatic carbocycles. The van der Waals surface area contributed by atoms with Crippen LogP contribution < -0.4 is 5.73 Å². The number of rotatable bonds is 4. The van der Waals surface area contributed by atoms with Gasteiger partial charge in [0, 0.05) is 24.4 Å². The Balaban J connectivity index is 2.23.